The number of amides is 2. The maximum absolute atomic E-state index is 13.0. The lowest BCUT2D eigenvalue weighted by Crippen LogP contribution is -2.45. The number of nitrogens with one attached hydrogen (secondary N) is 1. The van der Waals surface area contributed by atoms with Crippen molar-refractivity contribution in [3.63, 3.8) is 0 Å². The number of aromatic nitrogens is 2. The highest BCUT2D eigenvalue weighted by Crippen LogP contribution is 2.31. The molecule has 0 aliphatic carbocycles. The maximum Gasteiger partial charge on any atom is 0.320 e. The van der Waals surface area contributed by atoms with Gasteiger partial charge in [0.1, 0.15) is 18.2 Å². The van der Waals surface area contributed by atoms with E-state index in [1.807, 2.05) is 28.9 Å². The number of piperidine rings is 1. The summed E-state index contributed by atoms with van der Waals surface area (Å²) in [5, 5.41) is 0. The van der Waals surface area contributed by atoms with Crippen LogP contribution in [-0.2, 0) is 6.54 Å². The molecule has 0 saturated carbocycles. The summed E-state index contributed by atoms with van der Waals surface area (Å²) in [4.78, 5) is 24.7. The first-order valence-electron chi connectivity index (χ1n) is 10.4. The van der Waals surface area contributed by atoms with E-state index >= 15 is 0 Å². The van der Waals surface area contributed by atoms with Gasteiger partial charge in [0, 0.05) is 18.7 Å². The number of fused-ring (bicyclic) bond motifs is 2. The minimum Gasteiger partial charge on any atom is -0.491 e. The van der Waals surface area contributed by atoms with E-state index in [4.69, 9.17) is 4.74 Å². The molecule has 2 aromatic carbocycles. The third-order valence-electron chi connectivity index (χ3n) is 5.87. The summed E-state index contributed by atoms with van der Waals surface area (Å²) in [6.07, 6.45) is 3.43. The Hall–Kier alpha value is -3.02. The molecular weight excluding hydrogens is 364 g/mol. The number of benzene rings is 2. The molecule has 150 valence electrons. The quantitative estimate of drug-likeness (QED) is 0.672. The van der Waals surface area contributed by atoms with Crippen molar-refractivity contribution in [2.75, 3.05) is 26.2 Å². The number of likely N-dealkylation sites (tertiary alicyclic amines) is 1. The van der Waals surface area contributed by atoms with E-state index in [0.717, 1.165) is 65.2 Å². The van der Waals surface area contributed by atoms with Gasteiger partial charge in [-0.1, -0.05) is 12.1 Å². The molecule has 0 unspecified atom stereocenters. The summed E-state index contributed by atoms with van der Waals surface area (Å²) in [7, 11) is 0. The number of urea groups is 1. The van der Waals surface area contributed by atoms with Crippen LogP contribution in [0.4, 0.5) is 4.79 Å². The molecule has 6 heteroatoms. The molecule has 1 fully saturated rings. The second-order valence-electron chi connectivity index (χ2n) is 7.98. The van der Waals surface area contributed by atoms with Crippen LogP contribution in [0.25, 0.3) is 22.2 Å². The second-order valence-corrected chi connectivity index (χ2v) is 7.98. The van der Waals surface area contributed by atoms with Crippen molar-refractivity contribution in [1.82, 2.24) is 19.8 Å². The van der Waals surface area contributed by atoms with Crippen LogP contribution < -0.4 is 4.74 Å². The van der Waals surface area contributed by atoms with Gasteiger partial charge in [-0.3, -0.25) is 0 Å². The topological polar surface area (TPSA) is 61.5 Å². The SMILES string of the molecule is Cc1nc2ccc(-c3ccc4c(c3)CN(C(=O)N3CCCCC3)CCO4)cc2[nH]1. The van der Waals surface area contributed by atoms with Gasteiger partial charge in [0.05, 0.1) is 24.1 Å². The normalized spacial score (nSPS) is 17.0. The number of aromatic amines is 1. The molecule has 2 aliphatic rings. The Labute approximate surface area is 170 Å². The highest BCUT2D eigenvalue weighted by atomic mass is 16.5. The van der Waals surface area contributed by atoms with Crippen LogP contribution in [0.1, 0.15) is 30.7 Å². The molecule has 5 rings (SSSR count). The minimum atomic E-state index is 0.140. The smallest absolute Gasteiger partial charge is 0.320 e. The van der Waals surface area contributed by atoms with Crippen LogP contribution >= 0.6 is 0 Å². The monoisotopic (exact) mass is 390 g/mol. The van der Waals surface area contributed by atoms with Crippen molar-refractivity contribution in [3.05, 3.63) is 47.8 Å². The Morgan fingerprint density at radius 3 is 2.66 bits per heavy atom. The van der Waals surface area contributed by atoms with Crippen molar-refractivity contribution in [1.29, 1.82) is 0 Å². The van der Waals surface area contributed by atoms with Crippen molar-refractivity contribution in [2.24, 2.45) is 0 Å². The Morgan fingerprint density at radius 1 is 1.00 bits per heavy atom. The molecule has 0 bridgehead atoms. The first kappa shape index (κ1) is 18.0. The van der Waals surface area contributed by atoms with E-state index in [1.165, 1.54) is 6.42 Å². The molecule has 0 spiro atoms. The van der Waals surface area contributed by atoms with Crippen molar-refractivity contribution in [3.8, 4) is 16.9 Å². The average molecular weight is 390 g/mol. The summed E-state index contributed by atoms with van der Waals surface area (Å²) in [5.41, 5.74) is 5.32. The van der Waals surface area contributed by atoms with Crippen LogP contribution in [0.15, 0.2) is 36.4 Å². The summed E-state index contributed by atoms with van der Waals surface area (Å²) in [6, 6.07) is 12.7. The summed E-state index contributed by atoms with van der Waals surface area (Å²) >= 11 is 0. The molecule has 2 amide bonds. The summed E-state index contributed by atoms with van der Waals surface area (Å²) in [5.74, 6) is 1.79. The van der Waals surface area contributed by atoms with E-state index in [-0.39, 0.29) is 6.03 Å². The fourth-order valence-corrected chi connectivity index (χ4v) is 4.34. The summed E-state index contributed by atoms with van der Waals surface area (Å²) < 4.78 is 5.95. The largest absolute Gasteiger partial charge is 0.491 e. The zero-order valence-electron chi connectivity index (χ0n) is 16.8. The molecular formula is C23H26N4O2. The number of carbonyl (C=O) groups is 1. The number of imidazole rings is 1. The van der Waals surface area contributed by atoms with Crippen LogP contribution in [0.5, 0.6) is 5.75 Å². The van der Waals surface area contributed by atoms with Crippen LogP contribution in [0.2, 0.25) is 0 Å². The minimum absolute atomic E-state index is 0.140. The van der Waals surface area contributed by atoms with Gasteiger partial charge < -0.3 is 19.5 Å². The molecule has 0 radical (unpaired) electrons. The molecule has 2 aliphatic heterocycles. The van der Waals surface area contributed by atoms with Gasteiger partial charge in [0.25, 0.3) is 0 Å². The van der Waals surface area contributed by atoms with Gasteiger partial charge in [-0.05, 0) is 61.6 Å². The van der Waals surface area contributed by atoms with Gasteiger partial charge in [-0.15, -0.1) is 0 Å². The Bertz CT molecular complexity index is 1050. The number of hydrogen-bond acceptors (Lipinski definition) is 3. The average Bonchev–Trinajstić information content (AvgIpc) is 2.99. The predicted octanol–water partition coefficient (Wildman–Crippen LogP) is 4.34. The Balaban J connectivity index is 1.43. The van der Waals surface area contributed by atoms with Gasteiger partial charge in [0.15, 0.2) is 0 Å². The number of carbonyl (C=O) groups excluding carboxylic acids is 1. The number of aryl methyl sites for hydroxylation is 1. The molecule has 3 aromatic rings. The lowest BCUT2D eigenvalue weighted by molar-refractivity contribution is 0.137. The van der Waals surface area contributed by atoms with E-state index in [0.29, 0.717) is 19.7 Å². The van der Waals surface area contributed by atoms with Crippen LogP contribution in [0.3, 0.4) is 0 Å². The predicted molar refractivity (Wildman–Crippen MR) is 113 cm³/mol. The summed E-state index contributed by atoms with van der Waals surface area (Å²) in [6.45, 7) is 5.45. The first-order valence-corrected chi connectivity index (χ1v) is 10.4. The maximum atomic E-state index is 13.0. The van der Waals surface area contributed by atoms with E-state index in [2.05, 4.69) is 34.2 Å². The number of nitrogens with zero attached hydrogens (tertiary/aromatic N) is 3. The number of hydrogen-bond donors (Lipinski definition) is 1. The molecule has 1 aromatic heterocycles. The van der Waals surface area contributed by atoms with E-state index in [1.54, 1.807) is 0 Å². The first-order chi connectivity index (χ1) is 14.2. The fraction of sp³-hybridized carbons (Fsp3) is 0.391. The molecule has 3 heterocycles. The number of H-pyrrole nitrogens is 1. The van der Waals surface area contributed by atoms with E-state index in [9.17, 15) is 4.79 Å². The molecule has 0 atom stereocenters. The van der Waals surface area contributed by atoms with Crippen LogP contribution in [0, 0.1) is 6.92 Å². The highest BCUT2D eigenvalue weighted by Gasteiger charge is 2.25. The van der Waals surface area contributed by atoms with Crippen LogP contribution in [-0.4, -0.2) is 52.0 Å². The standard InChI is InChI=1S/C23H26N4O2/c1-16-24-20-7-5-18(14-21(20)25-16)17-6-8-22-19(13-17)15-27(11-12-29-22)23(28)26-9-3-2-4-10-26/h5-8,13-14H,2-4,9-12,15H2,1H3,(H,24,25). The molecule has 6 nitrogen and oxygen atoms in total. The molecule has 1 N–H and O–H groups in total. The van der Waals surface area contributed by atoms with Crippen molar-refractivity contribution < 1.29 is 9.53 Å². The van der Waals surface area contributed by atoms with Gasteiger partial charge in [0.2, 0.25) is 0 Å². The number of ether oxygens (including phenoxy) is 1. The zero-order chi connectivity index (χ0) is 19.8. The zero-order valence-corrected chi connectivity index (χ0v) is 16.8. The van der Waals surface area contributed by atoms with Crippen molar-refractivity contribution >= 4 is 17.1 Å². The second kappa shape index (κ2) is 7.43. The molecule has 1 saturated heterocycles. The number of rotatable bonds is 1. The third kappa shape index (κ3) is 3.55. The lowest BCUT2D eigenvalue weighted by atomic mass is 10.0. The fourth-order valence-electron chi connectivity index (χ4n) is 4.34. The van der Waals surface area contributed by atoms with Crippen molar-refractivity contribution in [2.45, 2.75) is 32.7 Å². The van der Waals surface area contributed by atoms with Gasteiger partial charge >= 0.3 is 6.03 Å². The third-order valence-corrected chi connectivity index (χ3v) is 5.87. The Morgan fingerprint density at radius 2 is 1.79 bits per heavy atom. The lowest BCUT2D eigenvalue weighted by Gasteiger charge is -2.32. The highest BCUT2D eigenvalue weighted by molar-refractivity contribution is 5.82. The van der Waals surface area contributed by atoms with Gasteiger partial charge in [-0.25, -0.2) is 9.78 Å². The van der Waals surface area contributed by atoms with E-state index < -0.39 is 0 Å². The Kier molecular flexibility index (Phi) is 4.62. The van der Waals surface area contributed by atoms with Gasteiger partial charge in [-0.2, -0.15) is 0 Å². The molecule has 29 heavy (non-hydrogen) atoms.